The van der Waals surface area contributed by atoms with E-state index in [0.717, 1.165) is 12.8 Å². The van der Waals surface area contributed by atoms with E-state index < -0.39 is 22.2 Å². The Morgan fingerprint density at radius 1 is 1.50 bits per heavy atom. The molecule has 0 bridgehead atoms. The van der Waals surface area contributed by atoms with Crippen molar-refractivity contribution in [1.82, 2.24) is 4.31 Å². The van der Waals surface area contributed by atoms with Crippen molar-refractivity contribution in [2.45, 2.75) is 49.6 Å². The molecule has 0 aromatic heterocycles. The summed E-state index contributed by atoms with van der Waals surface area (Å²) in [6, 6.07) is 5.66. The number of nitrogens with zero attached hydrogens (tertiary/aromatic N) is 2. The van der Waals surface area contributed by atoms with Gasteiger partial charge in [-0.25, -0.2) is 8.42 Å². The van der Waals surface area contributed by atoms with Crippen LogP contribution in [0.1, 0.15) is 38.2 Å². The van der Waals surface area contributed by atoms with Crippen LogP contribution >= 0.6 is 11.6 Å². The number of aliphatic hydroxyl groups is 1. The number of sulfonamides is 1. The molecule has 5 nitrogen and oxygen atoms in total. The van der Waals surface area contributed by atoms with Gasteiger partial charge in [-0.1, -0.05) is 24.9 Å². The van der Waals surface area contributed by atoms with Gasteiger partial charge in [0.15, 0.2) is 0 Å². The van der Waals surface area contributed by atoms with Crippen molar-refractivity contribution in [2.24, 2.45) is 0 Å². The van der Waals surface area contributed by atoms with E-state index in [1.807, 2.05) is 13.0 Å². The standard InChI is InChI=1S/C15H19ClN2O3S/c1-2-14(19)13-5-3-4-8-18(13)22(20,21)15-7-6-11(10-17)9-12(15)16/h6-7,9,13-14,19H,2-5,8H2,1H3. The largest absolute Gasteiger partial charge is 0.391 e. The Morgan fingerprint density at radius 2 is 2.23 bits per heavy atom. The van der Waals surface area contributed by atoms with Gasteiger partial charge in [0.1, 0.15) is 4.90 Å². The SMILES string of the molecule is CCC(O)C1CCCCN1S(=O)(=O)c1ccc(C#N)cc1Cl. The van der Waals surface area contributed by atoms with Crippen molar-refractivity contribution in [3.8, 4) is 6.07 Å². The second-order valence-electron chi connectivity index (χ2n) is 5.41. The van der Waals surface area contributed by atoms with Gasteiger partial charge in [-0.05, 0) is 37.5 Å². The average Bonchev–Trinajstić information content (AvgIpc) is 2.53. The van der Waals surface area contributed by atoms with E-state index in [1.54, 1.807) is 0 Å². The smallest absolute Gasteiger partial charge is 0.244 e. The molecule has 1 aliphatic heterocycles. The number of piperidine rings is 1. The van der Waals surface area contributed by atoms with Crippen LogP contribution < -0.4 is 0 Å². The molecule has 0 saturated carbocycles. The highest BCUT2D eigenvalue weighted by molar-refractivity contribution is 7.89. The summed E-state index contributed by atoms with van der Waals surface area (Å²) in [7, 11) is -3.79. The Labute approximate surface area is 136 Å². The van der Waals surface area contributed by atoms with Gasteiger partial charge in [0.25, 0.3) is 0 Å². The molecule has 0 radical (unpaired) electrons. The molecule has 2 rings (SSSR count). The van der Waals surface area contributed by atoms with Crippen molar-refractivity contribution < 1.29 is 13.5 Å². The zero-order chi connectivity index (χ0) is 16.3. The van der Waals surface area contributed by atoms with Crippen molar-refractivity contribution in [3.63, 3.8) is 0 Å². The fraction of sp³-hybridized carbons (Fsp3) is 0.533. The zero-order valence-electron chi connectivity index (χ0n) is 12.4. The van der Waals surface area contributed by atoms with Crippen LogP contribution in [0, 0.1) is 11.3 Å². The summed E-state index contributed by atoms with van der Waals surface area (Å²) in [5.41, 5.74) is 0.313. The molecular weight excluding hydrogens is 324 g/mol. The molecular formula is C15H19ClN2O3S. The van der Waals surface area contributed by atoms with E-state index in [-0.39, 0.29) is 9.92 Å². The lowest BCUT2D eigenvalue weighted by atomic mass is 9.98. The highest BCUT2D eigenvalue weighted by Gasteiger charge is 2.37. The quantitative estimate of drug-likeness (QED) is 0.911. The predicted molar refractivity (Wildman–Crippen MR) is 84.0 cm³/mol. The molecule has 7 heteroatoms. The fourth-order valence-electron chi connectivity index (χ4n) is 2.79. The average molecular weight is 343 g/mol. The Morgan fingerprint density at radius 3 is 2.82 bits per heavy atom. The zero-order valence-corrected chi connectivity index (χ0v) is 13.9. The van der Waals surface area contributed by atoms with E-state index in [0.29, 0.717) is 24.9 Å². The summed E-state index contributed by atoms with van der Waals surface area (Å²) >= 11 is 6.05. The normalized spacial score (nSPS) is 21.3. The minimum atomic E-state index is -3.79. The maximum Gasteiger partial charge on any atom is 0.244 e. The fourth-order valence-corrected chi connectivity index (χ4v) is 5.03. The van der Waals surface area contributed by atoms with Crippen LogP contribution in [0.4, 0.5) is 0 Å². The van der Waals surface area contributed by atoms with Gasteiger partial charge < -0.3 is 5.11 Å². The third kappa shape index (κ3) is 3.28. The molecule has 1 aliphatic rings. The van der Waals surface area contributed by atoms with E-state index in [2.05, 4.69) is 0 Å². The number of aliphatic hydroxyl groups excluding tert-OH is 1. The lowest BCUT2D eigenvalue weighted by Crippen LogP contribution is -2.49. The van der Waals surface area contributed by atoms with Crippen molar-refractivity contribution in [3.05, 3.63) is 28.8 Å². The molecule has 2 atom stereocenters. The first-order chi connectivity index (χ1) is 10.4. The maximum absolute atomic E-state index is 12.9. The molecule has 1 heterocycles. The van der Waals surface area contributed by atoms with Crippen LogP contribution in [0.5, 0.6) is 0 Å². The summed E-state index contributed by atoms with van der Waals surface area (Å²) in [6.07, 6.45) is 2.11. The molecule has 0 spiro atoms. The van der Waals surface area contributed by atoms with E-state index in [9.17, 15) is 13.5 Å². The second-order valence-corrected chi connectivity index (χ2v) is 7.68. The van der Waals surface area contributed by atoms with E-state index in [4.69, 9.17) is 16.9 Å². The van der Waals surface area contributed by atoms with Gasteiger partial charge >= 0.3 is 0 Å². The minimum absolute atomic E-state index is 0.0108. The van der Waals surface area contributed by atoms with Crippen LogP contribution in [0.15, 0.2) is 23.1 Å². The third-order valence-electron chi connectivity index (χ3n) is 4.01. The van der Waals surface area contributed by atoms with Gasteiger partial charge in [-0.3, -0.25) is 0 Å². The number of hydrogen-bond donors (Lipinski definition) is 1. The van der Waals surface area contributed by atoms with E-state index in [1.165, 1.54) is 22.5 Å². The molecule has 1 aromatic carbocycles. The lowest BCUT2D eigenvalue weighted by molar-refractivity contribution is 0.0667. The first kappa shape index (κ1) is 17.2. The van der Waals surface area contributed by atoms with Gasteiger partial charge in [0.2, 0.25) is 10.0 Å². The molecule has 1 fully saturated rings. The molecule has 1 aromatic rings. The molecule has 120 valence electrons. The Kier molecular flexibility index (Phi) is 5.45. The van der Waals surface area contributed by atoms with Crippen molar-refractivity contribution >= 4 is 21.6 Å². The summed E-state index contributed by atoms with van der Waals surface area (Å²) in [6.45, 7) is 2.21. The summed E-state index contributed by atoms with van der Waals surface area (Å²) < 4.78 is 27.1. The molecule has 2 unspecified atom stereocenters. The number of halogens is 1. The first-order valence-corrected chi connectivity index (χ1v) is 9.13. The maximum atomic E-state index is 12.9. The van der Waals surface area contributed by atoms with Crippen LogP contribution in [0.3, 0.4) is 0 Å². The van der Waals surface area contributed by atoms with Gasteiger partial charge in [-0.15, -0.1) is 0 Å². The summed E-state index contributed by atoms with van der Waals surface area (Å²) in [5.74, 6) is 0. The first-order valence-electron chi connectivity index (χ1n) is 7.31. The van der Waals surface area contributed by atoms with E-state index >= 15 is 0 Å². The van der Waals surface area contributed by atoms with Gasteiger partial charge in [0, 0.05) is 6.54 Å². The lowest BCUT2D eigenvalue weighted by Gasteiger charge is -2.37. The number of nitriles is 1. The third-order valence-corrected chi connectivity index (χ3v) is 6.42. The molecule has 0 amide bonds. The summed E-state index contributed by atoms with van der Waals surface area (Å²) in [4.78, 5) is -0.0108. The number of rotatable bonds is 4. The Balaban J connectivity index is 2.42. The Hall–Kier alpha value is -1.13. The molecule has 22 heavy (non-hydrogen) atoms. The topological polar surface area (TPSA) is 81.4 Å². The molecule has 1 N–H and O–H groups in total. The Bertz CT molecular complexity index is 685. The predicted octanol–water partition coefficient (Wildman–Crippen LogP) is 2.53. The molecule has 1 saturated heterocycles. The number of benzene rings is 1. The van der Waals surface area contributed by atoms with Crippen molar-refractivity contribution in [1.29, 1.82) is 5.26 Å². The van der Waals surface area contributed by atoms with Crippen LogP contribution in [0.25, 0.3) is 0 Å². The van der Waals surface area contributed by atoms with Crippen LogP contribution in [0.2, 0.25) is 5.02 Å². The van der Waals surface area contributed by atoms with Gasteiger partial charge in [-0.2, -0.15) is 9.57 Å². The van der Waals surface area contributed by atoms with Gasteiger partial charge in [0.05, 0.1) is 28.8 Å². The number of hydrogen-bond acceptors (Lipinski definition) is 4. The minimum Gasteiger partial charge on any atom is -0.391 e. The second kappa shape index (κ2) is 6.97. The van der Waals surface area contributed by atoms with Crippen LogP contribution in [-0.4, -0.2) is 36.5 Å². The van der Waals surface area contributed by atoms with Crippen LogP contribution in [-0.2, 0) is 10.0 Å². The van der Waals surface area contributed by atoms with Crippen molar-refractivity contribution in [2.75, 3.05) is 6.54 Å². The highest BCUT2D eigenvalue weighted by atomic mass is 35.5. The molecule has 0 aliphatic carbocycles. The monoisotopic (exact) mass is 342 g/mol. The highest BCUT2D eigenvalue weighted by Crippen LogP contribution is 2.31. The summed E-state index contributed by atoms with van der Waals surface area (Å²) in [5, 5.41) is 19.0.